The molecule has 0 unspecified atom stereocenters. The summed E-state index contributed by atoms with van der Waals surface area (Å²) in [6.45, 7) is 1.94. The molecule has 2 N–H and O–H groups in total. The van der Waals surface area contributed by atoms with Gasteiger partial charge in [0.25, 0.3) is 5.91 Å². The second-order valence-corrected chi connectivity index (χ2v) is 7.50. The maximum Gasteiger partial charge on any atom is 0.325 e. The largest absolute Gasteiger partial charge is 0.349 e. The molecule has 26 heavy (non-hydrogen) atoms. The van der Waals surface area contributed by atoms with Gasteiger partial charge in [0.1, 0.15) is 5.54 Å². The molecule has 2 fully saturated rings. The van der Waals surface area contributed by atoms with Crippen molar-refractivity contribution in [2.45, 2.75) is 57.0 Å². The molecule has 1 heterocycles. The number of hydrogen-bond acceptors (Lipinski definition) is 3. The van der Waals surface area contributed by atoms with Crippen molar-refractivity contribution in [1.29, 1.82) is 0 Å². The minimum absolute atomic E-state index is 0.0734. The predicted molar refractivity (Wildman–Crippen MR) is 98.7 cm³/mol. The minimum atomic E-state index is -0.739. The van der Waals surface area contributed by atoms with E-state index in [1.54, 1.807) is 6.07 Å². The minimum Gasteiger partial charge on any atom is -0.349 e. The molecule has 140 valence electrons. The lowest BCUT2D eigenvalue weighted by atomic mass is 9.82. The standard InChI is InChI=1S/C19H24ClN3O3/c1-13(14-7-3-4-8-15(14)20)21-16(24)9-12-23-17(25)19(22-18(23)26)10-5-2-6-11-19/h3-4,7-8,13H,2,5-6,9-12H2,1H3,(H,21,24)(H,22,26)/t13-/m1/s1. The van der Waals surface area contributed by atoms with Crippen molar-refractivity contribution >= 4 is 29.4 Å². The molecule has 1 saturated heterocycles. The van der Waals surface area contributed by atoms with Gasteiger partial charge in [-0.2, -0.15) is 0 Å². The molecule has 0 aromatic heterocycles. The number of hydrogen-bond donors (Lipinski definition) is 2. The van der Waals surface area contributed by atoms with Gasteiger partial charge in [-0.1, -0.05) is 49.1 Å². The summed E-state index contributed by atoms with van der Waals surface area (Å²) in [7, 11) is 0. The third-order valence-corrected chi connectivity index (χ3v) is 5.61. The molecule has 4 amide bonds. The van der Waals surface area contributed by atoms with Gasteiger partial charge < -0.3 is 10.6 Å². The van der Waals surface area contributed by atoms with Gasteiger partial charge in [-0.3, -0.25) is 14.5 Å². The second kappa shape index (κ2) is 7.66. The molecular weight excluding hydrogens is 354 g/mol. The van der Waals surface area contributed by atoms with Crippen molar-refractivity contribution in [1.82, 2.24) is 15.5 Å². The lowest BCUT2D eigenvalue weighted by Gasteiger charge is -2.30. The van der Waals surface area contributed by atoms with Crippen LogP contribution >= 0.6 is 11.6 Å². The highest BCUT2D eigenvalue weighted by molar-refractivity contribution is 6.31. The van der Waals surface area contributed by atoms with E-state index in [-0.39, 0.29) is 36.9 Å². The first kappa shape index (κ1) is 18.7. The van der Waals surface area contributed by atoms with Crippen molar-refractivity contribution in [3.63, 3.8) is 0 Å². The predicted octanol–water partition coefficient (Wildman–Crippen LogP) is 3.16. The number of amides is 4. The van der Waals surface area contributed by atoms with Gasteiger partial charge in [-0.25, -0.2) is 4.79 Å². The molecular formula is C19H24ClN3O3. The van der Waals surface area contributed by atoms with E-state index in [0.717, 1.165) is 24.8 Å². The zero-order valence-corrected chi connectivity index (χ0v) is 15.6. The number of nitrogens with zero attached hydrogens (tertiary/aromatic N) is 1. The van der Waals surface area contributed by atoms with Gasteiger partial charge in [0, 0.05) is 18.0 Å². The Labute approximate surface area is 158 Å². The zero-order chi connectivity index (χ0) is 18.7. The maximum atomic E-state index is 12.7. The topological polar surface area (TPSA) is 78.5 Å². The average molecular weight is 378 g/mol. The van der Waals surface area contributed by atoms with Crippen LogP contribution < -0.4 is 10.6 Å². The van der Waals surface area contributed by atoms with E-state index in [9.17, 15) is 14.4 Å². The molecule has 7 heteroatoms. The molecule has 0 radical (unpaired) electrons. The van der Waals surface area contributed by atoms with E-state index < -0.39 is 5.54 Å². The van der Waals surface area contributed by atoms with Gasteiger partial charge in [-0.05, 0) is 31.4 Å². The third kappa shape index (κ3) is 3.70. The van der Waals surface area contributed by atoms with Crippen LogP contribution in [0.5, 0.6) is 0 Å². The molecule has 3 rings (SSSR count). The average Bonchev–Trinajstić information content (AvgIpc) is 2.84. The Morgan fingerprint density at radius 3 is 2.65 bits per heavy atom. The highest BCUT2D eigenvalue weighted by Crippen LogP contribution is 2.33. The van der Waals surface area contributed by atoms with Gasteiger partial charge >= 0.3 is 6.03 Å². The Hall–Kier alpha value is -2.08. The van der Waals surface area contributed by atoms with Gasteiger partial charge in [-0.15, -0.1) is 0 Å². The van der Waals surface area contributed by atoms with Gasteiger partial charge in [0.2, 0.25) is 5.91 Å². The maximum absolute atomic E-state index is 12.7. The smallest absolute Gasteiger partial charge is 0.325 e. The van der Waals surface area contributed by atoms with Crippen molar-refractivity contribution in [2.75, 3.05) is 6.54 Å². The summed E-state index contributed by atoms with van der Waals surface area (Å²) in [5.74, 6) is -0.406. The molecule has 1 saturated carbocycles. The molecule has 2 aliphatic rings. The number of nitrogens with one attached hydrogen (secondary N) is 2. The molecule has 1 aromatic rings. The summed E-state index contributed by atoms with van der Waals surface area (Å²) in [5.41, 5.74) is 0.0927. The van der Waals surface area contributed by atoms with Crippen molar-refractivity contribution in [2.24, 2.45) is 0 Å². The Balaban J connectivity index is 1.55. The molecule has 1 spiro atoms. The molecule has 0 bridgehead atoms. The fourth-order valence-corrected chi connectivity index (χ4v) is 4.10. The number of imide groups is 1. The summed E-state index contributed by atoms with van der Waals surface area (Å²) in [5, 5.41) is 6.32. The highest BCUT2D eigenvalue weighted by Gasteiger charge is 2.51. The van der Waals surface area contributed by atoms with Gasteiger partial charge in [0.15, 0.2) is 0 Å². The zero-order valence-electron chi connectivity index (χ0n) is 14.9. The number of carbonyl (C=O) groups is 3. The van der Waals surface area contributed by atoms with E-state index in [4.69, 9.17) is 11.6 Å². The van der Waals surface area contributed by atoms with Crippen LogP contribution in [0.4, 0.5) is 4.79 Å². The molecule has 6 nitrogen and oxygen atoms in total. The van der Waals surface area contributed by atoms with Crippen molar-refractivity contribution < 1.29 is 14.4 Å². The first-order valence-corrected chi connectivity index (χ1v) is 9.49. The Morgan fingerprint density at radius 2 is 1.96 bits per heavy atom. The Kier molecular flexibility index (Phi) is 5.51. The van der Waals surface area contributed by atoms with Crippen LogP contribution in [0.15, 0.2) is 24.3 Å². The first-order valence-electron chi connectivity index (χ1n) is 9.11. The summed E-state index contributed by atoms with van der Waals surface area (Å²) in [6.07, 6.45) is 4.41. The van der Waals surface area contributed by atoms with Crippen LogP contribution in [-0.4, -0.2) is 34.8 Å². The van der Waals surface area contributed by atoms with Crippen molar-refractivity contribution in [3.05, 3.63) is 34.9 Å². The number of carbonyl (C=O) groups excluding carboxylic acids is 3. The Bertz CT molecular complexity index is 716. The SMILES string of the molecule is C[C@@H](NC(=O)CCN1C(=O)NC2(CCCCC2)C1=O)c1ccccc1Cl. The van der Waals surface area contributed by atoms with Crippen LogP contribution in [-0.2, 0) is 9.59 Å². The van der Waals surface area contributed by atoms with Crippen LogP contribution in [0.2, 0.25) is 5.02 Å². The summed E-state index contributed by atoms with van der Waals surface area (Å²) < 4.78 is 0. The normalized spacial score (nSPS) is 20.2. The van der Waals surface area contributed by atoms with Crippen LogP contribution in [0.3, 0.4) is 0 Å². The quantitative estimate of drug-likeness (QED) is 0.773. The molecule has 1 aliphatic carbocycles. The lowest BCUT2D eigenvalue weighted by Crippen LogP contribution is -2.48. The fraction of sp³-hybridized carbons (Fsp3) is 0.526. The summed E-state index contributed by atoms with van der Waals surface area (Å²) >= 11 is 6.15. The Morgan fingerprint density at radius 1 is 1.27 bits per heavy atom. The number of halogens is 1. The van der Waals surface area contributed by atoms with E-state index in [1.807, 2.05) is 25.1 Å². The number of rotatable bonds is 5. The van der Waals surface area contributed by atoms with E-state index in [2.05, 4.69) is 10.6 Å². The first-order chi connectivity index (χ1) is 12.4. The monoisotopic (exact) mass is 377 g/mol. The van der Waals surface area contributed by atoms with Crippen LogP contribution in [0, 0.1) is 0 Å². The van der Waals surface area contributed by atoms with E-state index in [1.165, 1.54) is 4.90 Å². The van der Waals surface area contributed by atoms with E-state index >= 15 is 0 Å². The lowest BCUT2D eigenvalue weighted by molar-refractivity contribution is -0.132. The van der Waals surface area contributed by atoms with E-state index in [0.29, 0.717) is 17.9 Å². The van der Waals surface area contributed by atoms with Crippen LogP contribution in [0.1, 0.15) is 57.1 Å². The van der Waals surface area contributed by atoms with Crippen LogP contribution in [0.25, 0.3) is 0 Å². The second-order valence-electron chi connectivity index (χ2n) is 7.09. The fourth-order valence-electron chi connectivity index (χ4n) is 3.80. The highest BCUT2D eigenvalue weighted by atomic mass is 35.5. The number of urea groups is 1. The van der Waals surface area contributed by atoms with Gasteiger partial charge in [0.05, 0.1) is 6.04 Å². The third-order valence-electron chi connectivity index (χ3n) is 5.26. The summed E-state index contributed by atoms with van der Waals surface area (Å²) in [4.78, 5) is 38.3. The molecule has 1 aromatic carbocycles. The number of benzene rings is 1. The summed E-state index contributed by atoms with van der Waals surface area (Å²) in [6, 6.07) is 6.70. The van der Waals surface area contributed by atoms with Crippen molar-refractivity contribution in [3.8, 4) is 0 Å². The molecule has 1 aliphatic heterocycles. The molecule has 1 atom stereocenters.